The van der Waals surface area contributed by atoms with Crippen molar-refractivity contribution < 1.29 is 14.4 Å². The smallest absolute Gasteiger partial charge is 0.377 e. The van der Waals surface area contributed by atoms with Gasteiger partial charge in [0.2, 0.25) is 5.89 Å². The number of carboxylic acid groups (broad SMARTS) is 1. The fourth-order valence-electron chi connectivity index (χ4n) is 0.933. The molecular weight excluding hydrogens is 174 g/mol. The van der Waals surface area contributed by atoms with Gasteiger partial charge in [0.05, 0.1) is 6.54 Å². The number of nitrogens with one attached hydrogen (secondary N) is 1. The monoisotopic (exact) mass is 183 g/mol. The van der Waals surface area contributed by atoms with E-state index >= 15 is 0 Å². The summed E-state index contributed by atoms with van der Waals surface area (Å²) in [5.41, 5.74) is 0. The van der Waals surface area contributed by atoms with Crippen molar-refractivity contribution in [3.63, 3.8) is 0 Å². The van der Waals surface area contributed by atoms with Crippen LogP contribution >= 0.6 is 0 Å². The van der Waals surface area contributed by atoms with Gasteiger partial charge >= 0.3 is 5.97 Å². The Kier molecular flexibility index (Phi) is 1.97. The molecule has 2 rings (SSSR count). The zero-order valence-corrected chi connectivity index (χ0v) is 6.86. The van der Waals surface area contributed by atoms with Gasteiger partial charge in [0.25, 0.3) is 5.82 Å². The summed E-state index contributed by atoms with van der Waals surface area (Å²) in [6.07, 6.45) is 2.33. The zero-order valence-electron chi connectivity index (χ0n) is 6.86. The second-order valence-electron chi connectivity index (χ2n) is 2.97. The van der Waals surface area contributed by atoms with Crippen molar-refractivity contribution in [2.75, 3.05) is 0 Å². The van der Waals surface area contributed by atoms with Gasteiger partial charge in [-0.1, -0.05) is 0 Å². The highest BCUT2D eigenvalue weighted by molar-refractivity contribution is 5.82. The van der Waals surface area contributed by atoms with Gasteiger partial charge < -0.3 is 14.9 Å². The molecule has 1 aromatic heterocycles. The molecule has 0 spiro atoms. The van der Waals surface area contributed by atoms with E-state index in [0.717, 1.165) is 0 Å². The first kappa shape index (κ1) is 8.18. The topological polar surface area (TPSA) is 88.2 Å². The minimum Gasteiger partial charge on any atom is -0.475 e. The number of aromatic nitrogens is 2. The molecule has 0 atom stereocenters. The molecule has 0 radical (unpaired) electrons. The van der Waals surface area contributed by atoms with Crippen LogP contribution < -0.4 is 5.32 Å². The van der Waals surface area contributed by atoms with Gasteiger partial charge in [-0.3, -0.25) is 0 Å². The Bertz CT molecular complexity index is 319. The molecule has 0 bridgehead atoms. The zero-order chi connectivity index (χ0) is 9.26. The second kappa shape index (κ2) is 3.14. The third kappa shape index (κ3) is 2.03. The predicted octanol–water partition coefficient (Wildman–Crippen LogP) is 0.0198. The lowest BCUT2D eigenvalue weighted by Crippen LogP contribution is -2.15. The lowest BCUT2D eigenvalue weighted by molar-refractivity contribution is 0.0680. The van der Waals surface area contributed by atoms with Gasteiger partial charge in [0, 0.05) is 6.04 Å². The Labute approximate surface area is 73.9 Å². The number of carbonyl (C=O) groups is 1. The van der Waals surface area contributed by atoms with Crippen LogP contribution in [-0.2, 0) is 6.54 Å². The molecule has 1 aromatic rings. The molecule has 1 heterocycles. The van der Waals surface area contributed by atoms with Gasteiger partial charge in [-0.25, -0.2) is 4.79 Å². The van der Waals surface area contributed by atoms with Crippen LogP contribution in [0, 0.1) is 0 Å². The minimum atomic E-state index is -1.17. The Hall–Kier alpha value is -1.43. The fourth-order valence-corrected chi connectivity index (χ4v) is 0.933. The molecule has 6 heteroatoms. The van der Waals surface area contributed by atoms with Gasteiger partial charge in [0.1, 0.15) is 0 Å². The third-order valence-electron chi connectivity index (χ3n) is 1.78. The van der Waals surface area contributed by atoms with E-state index in [9.17, 15) is 4.79 Å². The van der Waals surface area contributed by atoms with Gasteiger partial charge in [-0.05, 0) is 18.0 Å². The van der Waals surface area contributed by atoms with E-state index in [0.29, 0.717) is 18.5 Å². The molecule has 70 valence electrons. The van der Waals surface area contributed by atoms with E-state index in [1.165, 1.54) is 12.8 Å². The van der Waals surface area contributed by atoms with Crippen LogP contribution in [0.3, 0.4) is 0 Å². The van der Waals surface area contributed by atoms with Crippen molar-refractivity contribution in [2.24, 2.45) is 0 Å². The lowest BCUT2D eigenvalue weighted by Gasteiger charge is -1.94. The number of aromatic carboxylic acids is 1. The second-order valence-corrected chi connectivity index (χ2v) is 2.97. The Balaban J connectivity index is 1.92. The number of rotatable bonds is 4. The van der Waals surface area contributed by atoms with Crippen LogP contribution in [0.25, 0.3) is 0 Å². The van der Waals surface area contributed by atoms with E-state index in [1.54, 1.807) is 0 Å². The molecule has 0 aliphatic heterocycles. The Morgan fingerprint density at radius 3 is 3.00 bits per heavy atom. The average molecular weight is 183 g/mol. The van der Waals surface area contributed by atoms with Crippen molar-refractivity contribution in [2.45, 2.75) is 25.4 Å². The first-order chi connectivity index (χ1) is 6.25. The maximum Gasteiger partial charge on any atom is 0.377 e. The predicted molar refractivity (Wildman–Crippen MR) is 41.1 cm³/mol. The standard InChI is InChI=1S/C7H9N3O3/c11-7(12)6-9-5(13-10-6)3-8-4-1-2-4/h4,8H,1-3H2,(H,11,12). The van der Waals surface area contributed by atoms with Crippen molar-refractivity contribution in [1.82, 2.24) is 15.5 Å². The molecule has 6 nitrogen and oxygen atoms in total. The van der Waals surface area contributed by atoms with Crippen LogP contribution in [0.15, 0.2) is 4.52 Å². The highest BCUT2D eigenvalue weighted by atomic mass is 16.5. The summed E-state index contributed by atoms with van der Waals surface area (Å²) >= 11 is 0. The van der Waals surface area contributed by atoms with Crippen LogP contribution in [-0.4, -0.2) is 27.3 Å². The summed E-state index contributed by atoms with van der Waals surface area (Å²) in [6, 6.07) is 0.542. The number of hydrogen-bond donors (Lipinski definition) is 2. The molecule has 0 saturated heterocycles. The van der Waals surface area contributed by atoms with Gasteiger partial charge in [0.15, 0.2) is 0 Å². The number of hydrogen-bond acceptors (Lipinski definition) is 5. The molecule has 1 aliphatic carbocycles. The first-order valence-corrected chi connectivity index (χ1v) is 4.05. The molecule has 1 fully saturated rings. The maximum atomic E-state index is 10.4. The van der Waals surface area contributed by atoms with E-state index in [2.05, 4.69) is 15.5 Å². The van der Waals surface area contributed by atoms with E-state index < -0.39 is 5.97 Å². The molecule has 1 aliphatic rings. The quantitative estimate of drug-likeness (QED) is 0.684. The van der Waals surface area contributed by atoms with E-state index in [4.69, 9.17) is 9.63 Å². The van der Waals surface area contributed by atoms with Gasteiger partial charge in [-0.15, -0.1) is 0 Å². The normalized spacial score (nSPS) is 16.0. The van der Waals surface area contributed by atoms with Crippen LogP contribution in [0.4, 0.5) is 0 Å². The summed E-state index contributed by atoms with van der Waals surface area (Å²) < 4.78 is 4.70. The van der Waals surface area contributed by atoms with E-state index in [-0.39, 0.29) is 5.82 Å². The maximum absolute atomic E-state index is 10.4. The first-order valence-electron chi connectivity index (χ1n) is 4.05. The molecule has 13 heavy (non-hydrogen) atoms. The van der Waals surface area contributed by atoms with Crippen molar-refractivity contribution in [3.8, 4) is 0 Å². The summed E-state index contributed by atoms with van der Waals surface area (Å²) in [4.78, 5) is 14.0. The average Bonchev–Trinajstić information content (AvgIpc) is 2.79. The summed E-state index contributed by atoms with van der Waals surface area (Å²) in [6.45, 7) is 0.449. The lowest BCUT2D eigenvalue weighted by atomic mass is 10.5. The van der Waals surface area contributed by atoms with Crippen molar-refractivity contribution >= 4 is 5.97 Å². The summed E-state index contributed by atoms with van der Waals surface area (Å²) in [5, 5.41) is 14.9. The summed E-state index contributed by atoms with van der Waals surface area (Å²) in [5.74, 6) is -1.13. The largest absolute Gasteiger partial charge is 0.475 e. The third-order valence-corrected chi connectivity index (χ3v) is 1.78. The number of nitrogens with zero attached hydrogens (tertiary/aromatic N) is 2. The van der Waals surface area contributed by atoms with E-state index in [1.807, 2.05) is 0 Å². The molecule has 0 unspecified atom stereocenters. The molecule has 0 amide bonds. The van der Waals surface area contributed by atoms with Crippen molar-refractivity contribution in [1.29, 1.82) is 0 Å². The molecular formula is C7H9N3O3. The van der Waals surface area contributed by atoms with Crippen LogP contribution in [0.2, 0.25) is 0 Å². The Morgan fingerprint density at radius 1 is 1.69 bits per heavy atom. The molecule has 1 saturated carbocycles. The van der Waals surface area contributed by atoms with Crippen LogP contribution in [0.1, 0.15) is 29.4 Å². The summed E-state index contributed by atoms with van der Waals surface area (Å²) in [7, 11) is 0. The SMILES string of the molecule is O=C(O)c1noc(CNC2CC2)n1. The highest BCUT2D eigenvalue weighted by Crippen LogP contribution is 2.18. The fraction of sp³-hybridized carbons (Fsp3) is 0.571. The van der Waals surface area contributed by atoms with Crippen molar-refractivity contribution in [3.05, 3.63) is 11.7 Å². The Morgan fingerprint density at radius 2 is 2.46 bits per heavy atom. The highest BCUT2D eigenvalue weighted by Gasteiger charge is 2.21. The van der Waals surface area contributed by atoms with Crippen LogP contribution in [0.5, 0.6) is 0 Å². The number of carboxylic acids is 1. The molecule has 2 N–H and O–H groups in total. The molecule has 0 aromatic carbocycles. The minimum absolute atomic E-state index is 0.285. The van der Waals surface area contributed by atoms with Gasteiger partial charge in [-0.2, -0.15) is 4.98 Å².